The van der Waals surface area contributed by atoms with E-state index in [2.05, 4.69) is 36.7 Å². The molecule has 0 aromatic heterocycles. The van der Waals surface area contributed by atoms with Crippen LogP contribution in [0.5, 0.6) is 5.75 Å². The molecule has 0 fully saturated rings. The Morgan fingerprint density at radius 1 is 1.33 bits per heavy atom. The zero-order chi connectivity index (χ0) is 11.4. The molecule has 15 heavy (non-hydrogen) atoms. The highest BCUT2D eigenvalue weighted by molar-refractivity contribution is 9.10. The summed E-state index contributed by atoms with van der Waals surface area (Å²) < 4.78 is 6.88. The van der Waals surface area contributed by atoms with Crippen LogP contribution in [0.3, 0.4) is 0 Å². The summed E-state index contributed by atoms with van der Waals surface area (Å²) >= 11 is 3.47. The van der Waals surface area contributed by atoms with Crippen LogP contribution in [-0.2, 0) is 6.54 Å². The highest BCUT2D eigenvalue weighted by Gasteiger charge is 2.12. The third kappa shape index (κ3) is 3.21. The normalized spacial score (nSPS) is 12.9. The number of halogens is 1. The van der Waals surface area contributed by atoms with Gasteiger partial charge < -0.3 is 10.5 Å². The molecule has 1 aromatic carbocycles. The highest BCUT2D eigenvalue weighted by Crippen LogP contribution is 2.27. The van der Waals surface area contributed by atoms with E-state index >= 15 is 0 Å². The number of hydrogen-bond acceptors (Lipinski definition) is 2. The Hall–Kier alpha value is -0.540. The third-order valence-corrected chi connectivity index (χ3v) is 3.27. The van der Waals surface area contributed by atoms with Crippen molar-refractivity contribution >= 4 is 15.9 Å². The lowest BCUT2D eigenvalue weighted by Gasteiger charge is -2.20. The fraction of sp³-hybridized carbons (Fsp3) is 0.500. The molecule has 0 bridgehead atoms. The molecule has 0 heterocycles. The first-order valence-electron chi connectivity index (χ1n) is 5.20. The molecule has 84 valence electrons. The van der Waals surface area contributed by atoms with Gasteiger partial charge in [0.25, 0.3) is 0 Å². The SMILES string of the molecule is CC(C)C(C)Oc1cccc(Br)c1CN. The first-order valence-corrected chi connectivity index (χ1v) is 5.99. The van der Waals surface area contributed by atoms with Crippen molar-refractivity contribution in [3.63, 3.8) is 0 Å². The summed E-state index contributed by atoms with van der Waals surface area (Å²) in [6.45, 7) is 6.85. The van der Waals surface area contributed by atoms with Crippen LogP contribution in [-0.4, -0.2) is 6.10 Å². The van der Waals surface area contributed by atoms with Crippen LogP contribution >= 0.6 is 15.9 Å². The van der Waals surface area contributed by atoms with Gasteiger partial charge in [-0.1, -0.05) is 35.8 Å². The average Bonchev–Trinajstić information content (AvgIpc) is 2.18. The van der Waals surface area contributed by atoms with Crippen molar-refractivity contribution in [1.82, 2.24) is 0 Å². The maximum absolute atomic E-state index is 5.87. The Morgan fingerprint density at radius 2 is 2.00 bits per heavy atom. The molecular formula is C12H18BrNO. The van der Waals surface area contributed by atoms with E-state index in [1.54, 1.807) is 0 Å². The predicted octanol–water partition coefficient (Wildman–Crippen LogP) is 3.33. The van der Waals surface area contributed by atoms with Crippen LogP contribution in [0.2, 0.25) is 0 Å². The number of benzene rings is 1. The van der Waals surface area contributed by atoms with Gasteiger partial charge in [-0.3, -0.25) is 0 Å². The van der Waals surface area contributed by atoms with Gasteiger partial charge in [0.05, 0.1) is 6.10 Å². The van der Waals surface area contributed by atoms with Crippen molar-refractivity contribution in [2.45, 2.75) is 33.4 Å². The molecule has 0 aliphatic rings. The van der Waals surface area contributed by atoms with E-state index in [1.165, 1.54) is 0 Å². The highest BCUT2D eigenvalue weighted by atomic mass is 79.9. The molecule has 1 unspecified atom stereocenters. The lowest BCUT2D eigenvalue weighted by molar-refractivity contribution is 0.168. The lowest BCUT2D eigenvalue weighted by atomic mass is 10.1. The standard InChI is InChI=1S/C12H18BrNO/c1-8(2)9(3)15-12-6-4-5-11(13)10(12)7-14/h4-6,8-9H,7,14H2,1-3H3. The molecule has 1 aromatic rings. The minimum Gasteiger partial charge on any atom is -0.490 e. The molecule has 1 atom stereocenters. The summed E-state index contributed by atoms with van der Waals surface area (Å²) in [5.74, 6) is 1.38. The summed E-state index contributed by atoms with van der Waals surface area (Å²) in [4.78, 5) is 0. The molecule has 1 rings (SSSR count). The van der Waals surface area contributed by atoms with E-state index in [1.807, 2.05) is 18.2 Å². The van der Waals surface area contributed by atoms with Gasteiger partial charge in [-0.15, -0.1) is 0 Å². The largest absolute Gasteiger partial charge is 0.490 e. The van der Waals surface area contributed by atoms with Crippen LogP contribution in [0.15, 0.2) is 22.7 Å². The van der Waals surface area contributed by atoms with Crippen LogP contribution in [0.4, 0.5) is 0 Å². The summed E-state index contributed by atoms with van der Waals surface area (Å²) in [5.41, 5.74) is 6.73. The van der Waals surface area contributed by atoms with Crippen molar-refractivity contribution in [2.24, 2.45) is 11.7 Å². The van der Waals surface area contributed by atoms with Crippen molar-refractivity contribution in [1.29, 1.82) is 0 Å². The first-order chi connectivity index (χ1) is 7.06. The Morgan fingerprint density at radius 3 is 2.53 bits per heavy atom. The average molecular weight is 272 g/mol. The van der Waals surface area contributed by atoms with E-state index in [0.29, 0.717) is 12.5 Å². The van der Waals surface area contributed by atoms with Crippen molar-refractivity contribution in [3.05, 3.63) is 28.2 Å². The van der Waals surface area contributed by atoms with Crippen LogP contribution in [0.25, 0.3) is 0 Å². The summed E-state index contributed by atoms with van der Waals surface area (Å²) in [6.07, 6.45) is 0.199. The number of rotatable bonds is 4. The summed E-state index contributed by atoms with van der Waals surface area (Å²) in [5, 5.41) is 0. The van der Waals surface area contributed by atoms with E-state index in [-0.39, 0.29) is 6.10 Å². The number of nitrogens with two attached hydrogens (primary N) is 1. The van der Waals surface area contributed by atoms with Gasteiger partial charge in [-0.05, 0) is 25.0 Å². The minimum atomic E-state index is 0.199. The smallest absolute Gasteiger partial charge is 0.125 e. The van der Waals surface area contributed by atoms with Gasteiger partial charge >= 0.3 is 0 Å². The van der Waals surface area contributed by atoms with Crippen molar-refractivity contribution in [3.8, 4) is 5.75 Å². The van der Waals surface area contributed by atoms with Gasteiger partial charge in [0.1, 0.15) is 5.75 Å². The molecule has 0 saturated carbocycles. The van der Waals surface area contributed by atoms with Crippen LogP contribution < -0.4 is 10.5 Å². The minimum absolute atomic E-state index is 0.199. The fourth-order valence-corrected chi connectivity index (χ4v) is 1.69. The number of ether oxygens (including phenoxy) is 1. The van der Waals surface area contributed by atoms with Gasteiger partial charge in [-0.2, -0.15) is 0 Å². The zero-order valence-electron chi connectivity index (χ0n) is 9.46. The van der Waals surface area contributed by atoms with Crippen molar-refractivity contribution < 1.29 is 4.74 Å². The number of hydrogen-bond donors (Lipinski definition) is 1. The third-order valence-electron chi connectivity index (χ3n) is 2.53. The second-order valence-corrected chi connectivity index (χ2v) is 4.84. The monoisotopic (exact) mass is 271 g/mol. The predicted molar refractivity (Wildman–Crippen MR) is 67.0 cm³/mol. The summed E-state index contributed by atoms with van der Waals surface area (Å²) in [6, 6.07) is 5.91. The summed E-state index contributed by atoms with van der Waals surface area (Å²) in [7, 11) is 0. The molecular weight excluding hydrogens is 254 g/mol. The maximum Gasteiger partial charge on any atom is 0.125 e. The van der Waals surface area contributed by atoms with E-state index in [4.69, 9.17) is 10.5 Å². The molecule has 2 N–H and O–H groups in total. The van der Waals surface area contributed by atoms with Crippen LogP contribution in [0, 0.1) is 5.92 Å². The molecule has 0 amide bonds. The van der Waals surface area contributed by atoms with Crippen molar-refractivity contribution in [2.75, 3.05) is 0 Å². The quantitative estimate of drug-likeness (QED) is 0.912. The lowest BCUT2D eigenvalue weighted by Crippen LogP contribution is -2.19. The van der Waals surface area contributed by atoms with Gasteiger partial charge in [-0.25, -0.2) is 0 Å². The molecule has 0 aliphatic carbocycles. The zero-order valence-corrected chi connectivity index (χ0v) is 11.0. The van der Waals surface area contributed by atoms with Crippen LogP contribution in [0.1, 0.15) is 26.3 Å². The topological polar surface area (TPSA) is 35.2 Å². The molecule has 2 nitrogen and oxygen atoms in total. The van der Waals surface area contributed by atoms with E-state index < -0.39 is 0 Å². The Bertz CT molecular complexity index is 325. The molecule has 3 heteroatoms. The Kier molecular flexibility index (Phi) is 4.61. The first kappa shape index (κ1) is 12.5. The molecule has 0 spiro atoms. The molecule has 0 radical (unpaired) electrons. The van der Waals surface area contributed by atoms with Gasteiger partial charge in [0.15, 0.2) is 0 Å². The fourth-order valence-electron chi connectivity index (χ4n) is 1.18. The van der Waals surface area contributed by atoms with E-state index in [0.717, 1.165) is 15.8 Å². The van der Waals surface area contributed by atoms with Gasteiger partial charge in [0, 0.05) is 16.6 Å². The Balaban J connectivity index is 2.89. The van der Waals surface area contributed by atoms with E-state index in [9.17, 15) is 0 Å². The van der Waals surface area contributed by atoms with Gasteiger partial charge in [0.2, 0.25) is 0 Å². The second kappa shape index (κ2) is 5.52. The Labute approximate surface area is 99.9 Å². The second-order valence-electron chi connectivity index (χ2n) is 3.99. The maximum atomic E-state index is 5.87. The molecule has 0 aliphatic heterocycles. The molecule has 0 saturated heterocycles.